The van der Waals surface area contributed by atoms with E-state index in [1.165, 1.54) is 48.0 Å². The molecule has 27 nitrogen and oxygen atoms in total. The normalized spacial score (nSPS) is 15.8. The molecule has 0 radical (unpaired) electrons. The minimum Gasteiger partial charge on any atom is -0.481 e. The summed E-state index contributed by atoms with van der Waals surface area (Å²) in [4.78, 5) is 144. The molecule has 4 rings (SSSR count). The smallest absolute Gasteiger partial charge is 0.415 e. The molecule has 0 saturated carbocycles. The predicted molar refractivity (Wildman–Crippen MR) is 354 cm³/mol. The highest BCUT2D eigenvalue weighted by molar-refractivity contribution is 7.09. The van der Waals surface area contributed by atoms with Crippen molar-refractivity contribution in [3.63, 3.8) is 0 Å². The van der Waals surface area contributed by atoms with Crippen LogP contribution in [-0.4, -0.2) is 180 Å². The maximum atomic E-state index is 15.0. The van der Waals surface area contributed by atoms with Crippen LogP contribution in [0.4, 0.5) is 15.3 Å². The van der Waals surface area contributed by atoms with Crippen molar-refractivity contribution in [1.29, 1.82) is 0 Å². The second kappa shape index (κ2) is 39.2. The van der Waals surface area contributed by atoms with Crippen LogP contribution in [0.3, 0.4) is 0 Å². The summed E-state index contributed by atoms with van der Waals surface area (Å²) in [5.41, 5.74) is 10.3. The van der Waals surface area contributed by atoms with Gasteiger partial charge in [0.1, 0.15) is 35.1 Å². The number of esters is 2. The van der Waals surface area contributed by atoms with E-state index < -0.39 is 109 Å². The molecule has 28 heteroatoms. The zero-order valence-corrected chi connectivity index (χ0v) is 57.7. The number of amides is 7. The van der Waals surface area contributed by atoms with Crippen LogP contribution in [0, 0.1) is 29.6 Å². The molecule has 2 aromatic carbocycles. The first-order valence-corrected chi connectivity index (χ1v) is 33.2. The van der Waals surface area contributed by atoms with Crippen molar-refractivity contribution in [2.45, 2.75) is 182 Å². The first-order chi connectivity index (χ1) is 44.4. The van der Waals surface area contributed by atoms with Crippen molar-refractivity contribution in [3.8, 4) is 5.75 Å². The van der Waals surface area contributed by atoms with E-state index in [-0.39, 0.29) is 91.4 Å². The molecule has 522 valence electrons. The Morgan fingerprint density at radius 2 is 1.46 bits per heavy atom. The predicted octanol–water partition coefficient (Wildman–Crippen LogP) is 6.35. The Balaban J connectivity index is 1.40. The quantitative estimate of drug-likeness (QED) is 0.00778. The third kappa shape index (κ3) is 25.8. The number of likely N-dealkylation sites (tertiary alicyclic amines) is 1. The van der Waals surface area contributed by atoms with Gasteiger partial charge in [0, 0.05) is 76.6 Å². The Morgan fingerprint density at radius 1 is 0.809 bits per heavy atom. The third-order valence-electron chi connectivity index (χ3n) is 16.5. The zero-order chi connectivity index (χ0) is 69.9. The van der Waals surface area contributed by atoms with Crippen molar-refractivity contribution in [2.75, 3.05) is 59.4 Å². The summed E-state index contributed by atoms with van der Waals surface area (Å²) in [6.45, 7) is 18.5. The number of nitrogens with one attached hydrogen (secondary N) is 5. The van der Waals surface area contributed by atoms with E-state index in [0.717, 1.165) is 30.7 Å². The Morgan fingerprint density at radius 3 is 2.04 bits per heavy atom. The molecule has 0 bridgehead atoms. The van der Waals surface area contributed by atoms with Crippen molar-refractivity contribution >= 4 is 76.7 Å². The van der Waals surface area contributed by atoms with Crippen LogP contribution in [-0.2, 0) is 60.8 Å². The number of piperidine rings is 1. The Hall–Kier alpha value is -7.79. The maximum absolute atomic E-state index is 15.0. The van der Waals surface area contributed by atoms with Gasteiger partial charge in [0.25, 0.3) is 5.91 Å². The number of carboxylic acid groups (broad SMARTS) is 1. The number of hydrogen-bond donors (Lipinski definition) is 8. The Labute approximate surface area is 556 Å². The molecule has 7 amide bonds. The number of rotatable bonds is 37. The lowest BCUT2D eigenvalue weighted by molar-refractivity contribution is -0.161. The van der Waals surface area contributed by atoms with Crippen molar-refractivity contribution in [2.24, 2.45) is 41.2 Å². The molecule has 0 spiro atoms. The summed E-state index contributed by atoms with van der Waals surface area (Å²) in [5.74, 6) is -0.575. The van der Waals surface area contributed by atoms with Crippen LogP contribution in [0.5, 0.6) is 5.75 Å². The highest BCUT2D eigenvalue weighted by Gasteiger charge is 2.40. The van der Waals surface area contributed by atoms with E-state index >= 15 is 4.79 Å². The van der Waals surface area contributed by atoms with Gasteiger partial charge in [0.15, 0.2) is 12.8 Å². The molecule has 0 unspecified atom stereocenters. The van der Waals surface area contributed by atoms with Gasteiger partial charge in [-0.3, -0.25) is 54.5 Å². The fourth-order valence-electron chi connectivity index (χ4n) is 10.3. The van der Waals surface area contributed by atoms with Gasteiger partial charge >= 0.3 is 30.1 Å². The number of anilines is 1. The summed E-state index contributed by atoms with van der Waals surface area (Å²) in [6.07, 6.45) is 1.66. The topological polar surface area (TPSA) is 366 Å². The van der Waals surface area contributed by atoms with E-state index in [0.29, 0.717) is 49.0 Å². The number of carbonyl (C=O) groups is 10. The number of nitrogens with two attached hydrogens (primary N) is 2. The lowest BCUT2D eigenvalue weighted by Gasteiger charge is -2.39. The van der Waals surface area contributed by atoms with Gasteiger partial charge in [0.2, 0.25) is 23.6 Å². The summed E-state index contributed by atoms with van der Waals surface area (Å²) in [6, 6.07) is 8.58. The second-order valence-corrected chi connectivity index (χ2v) is 26.4. The van der Waals surface area contributed by atoms with Gasteiger partial charge in [-0.15, -0.1) is 11.3 Å². The molecule has 1 aliphatic rings. The Kier molecular flexibility index (Phi) is 32.8. The van der Waals surface area contributed by atoms with Crippen LogP contribution < -0.4 is 43.0 Å². The summed E-state index contributed by atoms with van der Waals surface area (Å²) in [7, 11) is 4.90. The molecular weight excluding hydrogens is 1230 g/mol. The van der Waals surface area contributed by atoms with E-state index in [1.54, 1.807) is 48.5 Å². The molecule has 1 fully saturated rings. The number of benzene rings is 2. The molecule has 94 heavy (non-hydrogen) atoms. The first kappa shape index (κ1) is 78.7. The summed E-state index contributed by atoms with van der Waals surface area (Å²) >= 11 is 1.05. The van der Waals surface area contributed by atoms with Crippen LogP contribution in [0.2, 0.25) is 0 Å². The van der Waals surface area contributed by atoms with Gasteiger partial charge in [-0.25, -0.2) is 14.6 Å². The first-order valence-electron chi connectivity index (χ1n) is 32.3. The van der Waals surface area contributed by atoms with Crippen molar-refractivity contribution in [1.82, 2.24) is 46.0 Å². The molecule has 2 heterocycles. The molecule has 10 N–H and O–H groups in total. The number of nitrogens with zero attached hydrogens (tertiary/aromatic N) is 5. The summed E-state index contributed by atoms with van der Waals surface area (Å²) < 4.78 is 22.8. The number of hydrogen-bond acceptors (Lipinski definition) is 20. The van der Waals surface area contributed by atoms with Crippen LogP contribution in [0.1, 0.15) is 160 Å². The minimum absolute atomic E-state index is 0.0245. The molecule has 1 aromatic heterocycles. The van der Waals surface area contributed by atoms with Gasteiger partial charge in [-0.05, 0) is 111 Å². The van der Waals surface area contributed by atoms with Crippen molar-refractivity contribution in [3.05, 3.63) is 75.7 Å². The number of thiazole rings is 1. The van der Waals surface area contributed by atoms with Crippen LogP contribution >= 0.6 is 11.3 Å². The van der Waals surface area contributed by atoms with Gasteiger partial charge in [-0.1, -0.05) is 99.4 Å². The number of carbonyl (C=O) groups excluding carboxylic acids is 9. The summed E-state index contributed by atoms with van der Waals surface area (Å²) in [5, 5.41) is 23.2. The van der Waals surface area contributed by atoms with E-state index in [1.807, 2.05) is 67.3 Å². The number of carboxylic acids is 1. The number of likely N-dealkylation sites (N-methyl/N-ethyl adjacent to an activating group) is 3. The SMILES string of the molecule is CC[C@H](C)[C@H](NC(=O)[C@H]1CCCCN1C)C(=O)N(COC(=O)CC(C)C)[C@H](C[C@@H](OC(C)=O)c1nc(C(=O)N[C@@H](Cc2ccc(OC(=O)N(C)CCN(C)C(=O)OCc3ccc(NC(=O)[C@@H](CCCNN)NC(=O)[C@H](N)C(C)C)cc3)cc2)C[C@H](C)C(=O)O)cs1)C(C)C. The van der Waals surface area contributed by atoms with E-state index in [2.05, 4.69) is 31.7 Å². The average molecular weight is 1340 g/mol. The molecule has 1 saturated heterocycles. The monoisotopic (exact) mass is 1330 g/mol. The molecule has 1 aliphatic heterocycles. The second-order valence-electron chi connectivity index (χ2n) is 25.5. The molecular formula is C66H102N12O15S. The number of hydrazine groups is 1. The molecule has 3 aromatic rings. The fourth-order valence-corrected chi connectivity index (χ4v) is 11.2. The van der Waals surface area contributed by atoms with E-state index in [4.69, 9.17) is 30.5 Å². The zero-order valence-electron chi connectivity index (χ0n) is 56.9. The largest absolute Gasteiger partial charge is 0.481 e. The van der Waals surface area contributed by atoms with Crippen molar-refractivity contribution < 1.29 is 72.0 Å². The lowest BCUT2D eigenvalue weighted by Crippen LogP contribution is -2.59. The van der Waals surface area contributed by atoms with Gasteiger partial charge in [-0.2, -0.15) is 0 Å². The number of ether oxygens (including phenoxy) is 4. The lowest BCUT2D eigenvalue weighted by atomic mass is 9.92. The van der Waals surface area contributed by atoms with E-state index in [9.17, 15) is 48.3 Å². The van der Waals surface area contributed by atoms with Gasteiger partial charge < -0.3 is 65.8 Å². The van der Waals surface area contributed by atoms with Gasteiger partial charge in [0.05, 0.1) is 18.0 Å². The minimum atomic E-state index is -1.09. The molecule has 9 atom stereocenters. The Bertz CT molecular complexity index is 2970. The number of aromatic nitrogens is 1. The number of aliphatic carboxylic acids is 1. The third-order valence-corrected chi connectivity index (χ3v) is 17.4. The standard InChI is InChI=1S/C66H102N12O15S/c1-14-42(8)57(74-60(83)52-19-15-16-29-75(52)11)63(85)78(38-91-55(80)32-39(2)3)53(40(4)5)35-54(92-44(10)79)62-73-51(37-94-62)59(82)71-48(33-43(9)64(86)87)34-45-22-26-49(27-23-45)93-66(89)77(13)31-30-76(12)65(88)90-36-46-20-24-47(25-21-46)70-58(81)50(18-17-28-69-68)72-61(84)56(67)41(6)7/h20-27,37,39-43,48,50,52-54,56-57,69H,14-19,28-36,38,67-68H2,1-13H3,(H,70,81)(H,71,82)(H,72,84)(H,74,83)(H,86,87)/t42-,43-,48+,50+,52+,53+,54+,56+,57-/m0/s1. The highest BCUT2D eigenvalue weighted by Crippen LogP contribution is 2.32. The van der Waals surface area contributed by atoms with Crippen LogP contribution in [0.15, 0.2) is 53.9 Å². The average Bonchev–Trinajstić information content (AvgIpc) is 1.27. The highest BCUT2D eigenvalue weighted by atomic mass is 32.1. The van der Waals surface area contributed by atoms with Crippen LogP contribution in [0.25, 0.3) is 0 Å². The molecule has 0 aliphatic carbocycles. The maximum Gasteiger partial charge on any atom is 0.415 e. The fraction of sp³-hybridized carbons (Fsp3) is 0.621.